The summed E-state index contributed by atoms with van der Waals surface area (Å²) >= 11 is 4.41. The van der Waals surface area contributed by atoms with Crippen LogP contribution < -0.4 is 0 Å². The summed E-state index contributed by atoms with van der Waals surface area (Å²) in [6.07, 6.45) is 0. The lowest BCUT2D eigenvalue weighted by molar-refractivity contribution is 0.185. The molecule has 0 amide bonds. The van der Waals surface area contributed by atoms with Crippen molar-refractivity contribution >= 4 is 37.3 Å². The van der Waals surface area contributed by atoms with Crippen LogP contribution in [0.1, 0.15) is 4.88 Å². The van der Waals surface area contributed by atoms with Crippen LogP contribution >= 0.6 is 27.3 Å². The van der Waals surface area contributed by atoms with Gasteiger partial charge in [-0.1, -0.05) is 0 Å². The number of hydrogen-bond donors (Lipinski definition) is 1. The fourth-order valence-corrected chi connectivity index (χ4v) is 4.80. The summed E-state index contributed by atoms with van der Waals surface area (Å²) in [5.41, 5.74) is 0. The minimum Gasteiger partial charge on any atom is -0.391 e. The zero-order chi connectivity index (χ0) is 13.1. The van der Waals surface area contributed by atoms with Crippen molar-refractivity contribution in [2.45, 2.75) is 11.5 Å². The number of hydrogen-bond acceptors (Lipinski definition) is 5. The van der Waals surface area contributed by atoms with Crippen LogP contribution in [0.25, 0.3) is 0 Å². The molecule has 0 radical (unpaired) electrons. The predicted molar refractivity (Wildman–Crippen MR) is 69.6 cm³/mol. The molecular formula is C9H14BrNO4S2. The van der Waals surface area contributed by atoms with Gasteiger partial charge in [-0.05, 0) is 22.0 Å². The van der Waals surface area contributed by atoms with Gasteiger partial charge < -0.3 is 9.84 Å². The van der Waals surface area contributed by atoms with Gasteiger partial charge in [-0.3, -0.25) is 0 Å². The number of thiophene rings is 1. The highest BCUT2D eigenvalue weighted by atomic mass is 79.9. The van der Waals surface area contributed by atoms with Gasteiger partial charge in [0.2, 0.25) is 10.0 Å². The number of rotatable bonds is 6. The first-order valence-electron chi connectivity index (χ1n) is 4.77. The van der Waals surface area contributed by atoms with E-state index in [2.05, 4.69) is 15.9 Å². The second-order valence-corrected chi connectivity index (χ2v) is 7.80. The van der Waals surface area contributed by atoms with Gasteiger partial charge >= 0.3 is 0 Å². The standard InChI is InChI=1S/C9H14BrNO4S2/c1-11(3-4-15-2)17(13,14)8-5-7(6-12)16-9(8)10/h5,12H,3-4,6H2,1-2H3. The number of methoxy groups -OCH3 is 1. The van der Waals surface area contributed by atoms with Crippen LogP contribution in [0.5, 0.6) is 0 Å². The van der Waals surface area contributed by atoms with Gasteiger partial charge in [0.15, 0.2) is 0 Å². The highest BCUT2D eigenvalue weighted by Gasteiger charge is 2.25. The molecule has 1 heterocycles. The molecule has 0 atom stereocenters. The molecule has 0 bridgehead atoms. The van der Waals surface area contributed by atoms with Gasteiger partial charge in [0.25, 0.3) is 0 Å². The smallest absolute Gasteiger partial charge is 0.244 e. The fraction of sp³-hybridized carbons (Fsp3) is 0.556. The Hall–Kier alpha value is 0.01000. The monoisotopic (exact) mass is 343 g/mol. The molecule has 98 valence electrons. The molecular weight excluding hydrogens is 330 g/mol. The molecule has 1 N–H and O–H groups in total. The maximum atomic E-state index is 12.2. The predicted octanol–water partition coefficient (Wildman–Crippen LogP) is 1.27. The van der Waals surface area contributed by atoms with E-state index in [0.717, 1.165) is 0 Å². The highest BCUT2D eigenvalue weighted by molar-refractivity contribution is 9.11. The maximum Gasteiger partial charge on any atom is 0.244 e. The molecule has 8 heteroatoms. The molecule has 0 saturated carbocycles. The minimum atomic E-state index is -3.53. The Morgan fingerprint density at radius 1 is 1.59 bits per heavy atom. The van der Waals surface area contributed by atoms with Gasteiger partial charge in [0.05, 0.1) is 17.0 Å². The largest absolute Gasteiger partial charge is 0.391 e. The molecule has 1 rings (SSSR count). The molecule has 0 aromatic carbocycles. The average molecular weight is 344 g/mol. The van der Waals surface area contributed by atoms with E-state index in [1.165, 1.54) is 35.9 Å². The summed E-state index contributed by atoms with van der Waals surface area (Å²) in [7, 11) is -0.510. The molecule has 0 fully saturated rings. The van der Waals surface area contributed by atoms with Crippen molar-refractivity contribution in [1.82, 2.24) is 4.31 Å². The first kappa shape index (κ1) is 15.1. The number of nitrogens with zero attached hydrogens (tertiary/aromatic N) is 1. The van der Waals surface area contributed by atoms with E-state index in [4.69, 9.17) is 9.84 Å². The van der Waals surface area contributed by atoms with Gasteiger partial charge in [0.1, 0.15) is 4.90 Å². The summed E-state index contributed by atoms with van der Waals surface area (Å²) in [5.74, 6) is 0. The zero-order valence-electron chi connectivity index (χ0n) is 9.51. The van der Waals surface area contributed by atoms with E-state index >= 15 is 0 Å². The Balaban J connectivity index is 2.99. The molecule has 0 aliphatic heterocycles. The lowest BCUT2D eigenvalue weighted by atomic mass is 10.5. The summed E-state index contributed by atoms with van der Waals surface area (Å²) in [5, 5.41) is 8.98. The number of likely N-dealkylation sites (N-methyl/N-ethyl adjacent to an activating group) is 1. The van der Waals surface area contributed by atoms with Crippen molar-refractivity contribution in [3.05, 3.63) is 14.7 Å². The number of aliphatic hydroxyl groups excluding tert-OH is 1. The van der Waals surface area contributed by atoms with E-state index in [1.807, 2.05) is 0 Å². The molecule has 0 aliphatic carbocycles. The second-order valence-electron chi connectivity index (χ2n) is 3.33. The molecule has 0 spiro atoms. The zero-order valence-corrected chi connectivity index (χ0v) is 12.7. The highest BCUT2D eigenvalue weighted by Crippen LogP contribution is 2.33. The Kier molecular flexibility index (Phi) is 5.55. The van der Waals surface area contributed by atoms with Crippen LogP contribution in [0.3, 0.4) is 0 Å². The van der Waals surface area contributed by atoms with Crippen molar-refractivity contribution in [3.63, 3.8) is 0 Å². The van der Waals surface area contributed by atoms with E-state index in [-0.39, 0.29) is 18.0 Å². The van der Waals surface area contributed by atoms with Crippen molar-refractivity contribution in [2.75, 3.05) is 27.3 Å². The third-order valence-electron chi connectivity index (χ3n) is 2.16. The number of aliphatic hydroxyl groups is 1. The molecule has 0 aliphatic rings. The van der Waals surface area contributed by atoms with Gasteiger partial charge in [0, 0.05) is 25.6 Å². The van der Waals surface area contributed by atoms with E-state index in [9.17, 15) is 8.42 Å². The molecule has 5 nitrogen and oxygen atoms in total. The van der Waals surface area contributed by atoms with Crippen LogP contribution in [-0.2, 0) is 21.4 Å². The van der Waals surface area contributed by atoms with Crippen LogP contribution in [0.2, 0.25) is 0 Å². The Bertz CT molecular complexity index is 471. The van der Waals surface area contributed by atoms with Crippen molar-refractivity contribution in [3.8, 4) is 0 Å². The third kappa shape index (κ3) is 3.49. The Labute approximate surface area is 113 Å². The van der Waals surface area contributed by atoms with Crippen molar-refractivity contribution in [2.24, 2.45) is 0 Å². The van der Waals surface area contributed by atoms with E-state index in [1.54, 1.807) is 0 Å². The van der Waals surface area contributed by atoms with Gasteiger partial charge in [-0.25, -0.2) is 8.42 Å². The Morgan fingerprint density at radius 2 is 2.24 bits per heavy atom. The molecule has 0 unspecified atom stereocenters. The topological polar surface area (TPSA) is 66.8 Å². The number of halogens is 1. The van der Waals surface area contributed by atoms with E-state index < -0.39 is 10.0 Å². The quantitative estimate of drug-likeness (QED) is 0.844. The first-order chi connectivity index (χ1) is 7.93. The van der Waals surface area contributed by atoms with Crippen LogP contribution in [-0.4, -0.2) is 45.1 Å². The average Bonchev–Trinajstić information content (AvgIpc) is 2.67. The minimum absolute atomic E-state index is 0.166. The Morgan fingerprint density at radius 3 is 2.71 bits per heavy atom. The molecule has 1 aromatic heterocycles. The second kappa shape index (κ2) is 6.26. The van der Waals surface area contributed by atoms with Gasteiger partial charge in [-0.2, -0.15) is 4.31 Å². The summed E-state index contributed by atoms with van der Waals surface area (Å²) in [6.45, 7) is 0.459. The van der Waals surface area contributed by atoms with Crippen molar-refractivity contribution in [1.29, 1.82) is 0 Å². The normalized spacial score (nSPS) is 12.3. The lowest BCUT2D eigenvalue weighted by Gasteiger charge is -2.15. The lowest BCUT2D eigenvalue weighted by Crippen LogP contribution is -2.30. The summed E-state index contributed by atoms with van der Waals surface area (Å²) in [6, 6.07) is 1.48. The molecule has 1 aromatic rings. The molecule has 0 saturated heterocycles. The SMILES string of the molecule is COCCN(C)S(=O)(=O)c1cc(CO)sc1Br. The number of ether oxygens (including phenoxy) is 1. The number of sulfonamides is 1. The van der Waals surface area contributed by atoms with Crippen LogP contribution in [0, 0.1) is 0 Å². The third-order valence-corrected chi connectivity index (χ3v) is 6.25. The maximum absolute atomic E-state index is 12.2. The van der Waals surface area contributed by atoms with E-state index in [0.29, 0.717) is 15.3 Å². The van der Waals surface area contributed by atoms with Crippen LogP contribution in [0.4, 0.5) is 0 Å². The fourth-order valence-electron chi connectivity index (χ4n) is 1.16. The summed E-state index contributed by atoms with van der Waals surface area (Å²) in [4.78, 5) is 0.792. The van der Waals surface area contributed by atoms with Gasteiger partial charge in [-0.15, -0.1) is 11.3 Å². The van der Waals surface area contributed by atoms with Crippen molar-refractivity contribution < 1.29 is 18.3 Å². The molecule has 17 heavy (non-hydrogen) atoms. The van der Waals surface area contributed by atoms with Crippen LogP contribution in [0.15, 0.2) is 14.7 Å². The summed E-state index contributed by atoms with van der Waals surface area (Å²) < 4.78 is 30.9. The first-order valence-corrected chi connectivity index (χ1v) is 7.82.